The van der Waals surface area contributed by atoms with Crippen molar-refractivity contribution < 1.29 is 13.2 Å². The first-order valence-electron chi connectivity index (χ1n) is 8.61. The van der Waals surface area contributed by atoms with Crippen molar-refractivity contribution in [2.75, 3.05) is 31.2 Å². The van der Waals surface area contributed by atoms with Crippen molar-refractivity contribution in [1.82, 2.24) is 14.7 Å². The van der Waals surface area contributed by atoms with E-state index in [1.54, 1.807) is 6.07 Å². The molecule has 8 heteroatoms. The van der Waals surface area contributed by atoms with Gasteiger partial charge in [-0.25, -0.2) is 23.1 Å². The molecule has 3 rings (SSSR count). The van der Waals surface area contributed by atoms with E-state index < -0.39 is 10.0 Å². The number of morpholine rings is 1. The minimum Gasteiger partial charge on any atom is -0.378 e. The van der Waals surface area contributed by atoms with Crippen molar-refractivity contribution in [3.63, 3.8) is 0 Å². The van der Waals surface area contributed by atoms with Gasteiger partial charge in [-0.3, -0.25) is 0 Å². The molecule has 0 unspecified atom stereocenters. The van der Waals surface area contributed by atoms with Gasteiger partial charge in [0.15, 0.2) is 0 Å². The average Bonchev–Trinajstić information content (AvgIpc) is 2.60. The van der Waals surface area contributed by atoms with E-state index in [0.29, 0.717) is 24.9 Å². The van der Waals surface area contributed by atoms with Crippen molar-refractivity contribution in [3.05, 3.63) is 52.8 Å². The minimum atomic E-state index is -3.44. The van der Waals surface area contributed by atoms with Crippen LogP contribution >= 0.6 is 0 Å². The molecule has 1 aliphatic heterocycles. The van der Waals surface area contributed by atoms with Crippen LogP contribution in [-0.4, -0.2) is 44.7 Å². The average molecular weight is 376 g/mol. The number of rotatable bonds is 6. The highest BCUT2D eigenvalue weighted by Crippen LogP contribution is 2.13. The maximum Gasteiger partial charge on any atom is 0.225 e. The van der Waals surface area contributed by atoms with Crippen molar-refractivity contribution in [1.29, 1.82) is 0 Å². The van der Waals surface area contributed by atoms with Crippen LogP contribution in [-0.2, 0) is 27.1 Å². The Morgan fingerprint density at radius 3 is 2.65 bits per heavy atom. The zero-order valence-electron chi connectivity index (χ0n) is 15.1. The third-order valence-electron chi connectivity index (χ3n) is 4.10. The summed E-state index contributed by atoms with van der Waals surface area (Å²) in [6, 6.07) is 9.31. The van der Waals surface area contributed by atoms with E-state index in [0.717, 1.165) is 29.9 Å². The SMILES string of the molecule is Cc1cccc(CS(=O)(=O)NCc2cc(C)nc(N3CCOCC3)n2)c1. The summed E-state index contributed by atoms with van der Waals surface area (Å²) in [4.78, 5) is 11.0. The molecule has 7 nitrogen and oxygen atoms in total. The first-order valence-corrected chi connectivity index (χ1v) is 10.3. The molecule has 2 aromatic rings. The molecule has 0 bridgehead atoms. The highest BCUT2D eigenvalue weighted by Gasteiger charge is 2.16. The largest absolute Gasteiger partial charge is 0.378 e. The Kier molecular flexibility index (Phi) is 5.85. The number of benzene rings is 1. The maximum absolute atomic E-state index is 12.4. The molecule has 26 heavy (non-hydrogen) atoms. The molecule has 0 amide bonds. The fourth-order valence-electron chi connectivity index (χ4n) is 2.87. The van der Waals surface area contributed by atoms with E-state index in [1.807, 2.05) is 38.1 Å². The summed E-state index contributed by atoms with van der Waals surface area (Å²) < 4.78 is 32.7. The summed E-state index contributed by atoms with van der Waals surface area (Å²) >= 11 is 0. The van der Waals surface area contributed by atoms with Crippen LogP contribution in [0.2, 0.25) is 0 Å². The molecule has 0 saturated carbocycles. The van der Waals surface area contributed by atoms with E-state index in [1.165, 1.54) is 0 Å². The lowest BCUT2D eigenvalue weighted by Crippen LogP contribution is -2.37. The van der Waals surface area contributed by atoms with Gasteiger partial charge in [0, 0.05) is 18.8 Å². The molecule has 0 spiro atoms. The molecule has 1 aromatic carbocycles. The zero-order chi connectivity index (χ0) is 18.6. The summed E-state index contributed by atoms with van der Waals surface area (Å²) in [5.41, 5.74) is 3.28. The van der Waals surface area contributed by atoms with Crippen molar-refractivity contribution in [3.8, 4) is 0 Å². The lowest BCUT2D eigenvalue weighted by atomic mass is 10.2. The number of hydrogen-bond donors (Lipinski definition) is 1. The summed E-state index contributed by atoms with van der Waals surface area (Å²) in [6.07, 6.45) is 0. The Morgan fingerprint density at radius 1 is 1.15 bits per heavy atom. The van der Waals surface area contributed by atoms with Gasteiger partial charge in [0.25, 0.3) is 0 Å². The lowest BCUT2D eigenvalue weighted by Gasteiger charge is -2.27. The highest BCUT2D eigenvalue weighted by molar-refractivity contribution is 7.88. The van der Waals surface area contributed by atoms with Crippen LogP contribution in [0.3, 0.4) is 0 Å². The Bertz CT molecular complexity index is 864. The highest BCUT2D eigenvalue weighted by atomic mass is 32.2. The topological polar surface area (TPSA) is 84.4 Å². The quantitative estimate of drug-likeness (QED) is 0.823. The van der Waals surface area contributed by atoms with Gasteiger partial charge in [0.1, 0.15) is 0 Å². The molecule has 0 radical (unpaired) electrons. The monoisotopic (exact) mass is 376 g/mol. The molecule has 140 valence electrons. The molecule has 2 heterocycles. The van der Waals surface area contributed by atoms with E-state index in [-0.39, 0.29) is 12.3 Å². The van der Waals surface area contributed by atoms with Crippen LogP contribution < -0.4 is 9.62 Å². The van der Waals surface area contributed by atoms with Gasteiger partial charge in [-0.15, -0.1) is 0 Å². The summed E-state index contributed by atoms with van der Waals surface area (Å²) in [5, 5.41) is 0. The third-order valence-corrected chi connectivity index (χ3v) is 5.40. The molecule has 0 aliphatic carbocycles. The van der Waals surface area contributed by atoms with Gasteiger partial charge in [0.05, 0.1) is 31.2 Å². The predicted octanol–water partition coefficient (Wildman–Crippen LogP) is 1.55. The lowest BCUT2D eigenvalue weighted by molar-refractivity contribution is 0.122. The van der Waals surface area contributed by atoms with E-state index in [4.69, 9.17) is 4.74 Å². The fourth-order valence-corrected chi connectivity index (χ4v) is 3.96. The number of anilines is 1. The van der Waals surface area contributed by atoms with Crippen LogP contribution in [0.1, 0.15) is 22.5 Å². The first-order chi connectivity index (χ1) is 12.4. The molecular weight excluding hydrogens is 352 g/mol. The summed E-state index contributed by atoms with van der Waals surface area (Å²) in [5.74, 6) is 0.580. The smallest absolute Gasteiger partial charge is 0.225 e. The number of aryl methyl sites for hydroxylation is 2. The maximum atomic E-state index is 12.4. The standard InChI is InChI=1S/C18H24N4O3S/c1-14-4-3-5-16(10-14)13-26(23,24)19-12-17-11-15(2)20-18(21-17)22-6-8-25-9-7-22/h3-5,10-11,19H,6-9,12-13H2,1-2H3. The van der Waals surface area contributed by atoms with E-state index in [9.17, 15) is 8.42 Å². The van der Waals surface area contributed by atoms with Crippen molar-refractivity contribution >= 4 is 16.0 Å². The van der Waals surface area contributed by atoms with E-state index >= 15 is 0 Å². The van der Waals surface area contributed by atoms with Gasteiger partial charge >= 0.3 is 0 Å². The number of aromatic nitrogens is 2. The zero-order valence-corrected chi connectivity index (χ0v) is 15.9. The van der Waals surface area contributed by atoms with Gasteiger partial charge in [-0.1, -0.05) is 29.8 Å². The Balaban J connectivity index is 1.67. The van der Waals surface area contributed by atoms with Crippen LogP contribution in [0.5, 0.6) is 0 Å². The molecule has 0 atom stereocenters. The van der Waals surface area contributed by atoms with Crippen molar-refractivity contribution in [2.45, 2.75) is 26.1 Å². The summed E-state index contributed by atoms with van der Waals surface area (Å²) in [6.45, 7) is 6.75. The molecule has 1 N–H and O–H groups in total. The molecule has 1 fully saturated rings. The second-order valence-corrected chi connectivity index (χ2v) is 8.28. The van der Waals surface area contributed by atoms with Gasteiger partial charge in [-0.05, 0) is 25.5 Å². The fraction of sp³-hybridized carbons (Fsp3) is 0.444. The third kappa shape index (κ3) is 5.23. The van der Waals surface area contributed by atoms with Crippen LogP contribution in [0, 0.1) is 13.8 Å². The Hall–Kier alpha value is -2.03. The second kappa shape index (κ2) is 8.11. The van der Waals surface area contributed by atoms with Gasteiger partial charge < -0.3 is 9.64 Å². The summed E-state index contributed by atoms with van der Waals surface area (Å²) in [7, 11) is -3.44. The van der Waals surface area contributed by atoms with E-state index in [2.05, 4.69) is 19.6 Å². The van der Waals surface area contributed by atoms with Gasteiger partial charge in [-0.2, -0.15) is 0 Å². The van der Waals surface area contributed by atoms with Crippen LogP contribution in [0.25, 0.3) is 0 Å². The molecular formula is C18H24N4O3S. The number of nitrogens with one attached hydrogen (secondary N) is 1. The first kappa shape index (κ1) is 18.8. The molecule has 1 aliphatic rings. The minimum absolute atomic E-state index is 0.0466. The second-order valence-electron chi connectivity index (χ2n) is 6.47. The number of nitrogens with zero attached hydrogens (tertiary/aromatic N) is 3. The predicted molar refractivity (Wildman–Crippen MR) is 100 cm³/mol. The van der Waals surface area contributed by atoms with Gasteiger partial charge in [0.2, 0.25) is 16.0 Å². The Morgan fingerprint density at radius 2 is 1.92 bits per heavy atom. The van der Waals surface area contributed by atoms with Crippen LogP contribution in [0.4, 0.5) is 5.95 Å². The number of ether oxygens (including phenoxy) is 1. The number of sulfonamides is 1. The molecule has 1 saturated heterocycles. The van der Waals surface area contributed by atoms with Crippen molar-refractivity contribution in [2.24, 2.45) is 0 Å². The normalized spacial score (nSPS) is 15.2. The number of hydrogen-bond acceptors (Lipinski definition) is 6. The molecule has 1 aromatic heterocycles. The Labute approximate surface area is 154 Å². The van der Waals surface area contributed by atoms with Crippen LogP contribution in [0.15, 0.2) is 30.3 Å².